The number of benzene rings is 1. The van der Waals surface area contributed by atoms with Crippen LogP contribution in [0.5, 0.6) is 5.75 Å². The molecular formula is C14H18N4O6S2. The van der Waals surface area contributed by atoms with E-state index in [1.54, 1.807) is 0 Å². The lowest BCUT2D eigenvalue weighted by Crippen LogP contribution is -2.35. The summed E-state index contributed by atoms with van der Waals surface area (Å²) >= 11 is 0. The van der Waals surface area contributed by atoms with Gasteiger partial charge >= 0.3 is 10.2 Å². The molecule has 142 valence electrons. The number of hydrogen-bond donors (Lipinski definition) is 2. The van der Waals surface area contributed by atoms with E-state index in [9.17, 15) is 21.9 Å². The van der Waals surface area contributed by atoms with Gasteiger partial charge in [-0.15, -0.1) is 8.80 Å². The molecule has 0 spiro atoms. The number of nitrogens with one attached hydrogen (secondary N) is 1. The molecule has 12 heteroatoms. The summed E-state index contributed by atoms with van der Waals surface area (Å²) in [5, 5.41) is 13.0. The summed E-state index contributed by atoms with van der Waals surface area (Å²) in [6.45, 7) is 0.787. The number of ether oxygens (including phenoxy) is 1. The number of sulfonamides is 1. The van der Waals surface area contributed by atoms with E-state index in [4.69, 9.17) is 4.74 Å². The van der Waals surface area contributed by atoms with E-state index in [1.807, 2.05) is 0 Å². The molecule has 1 aromatic rings. The Bertz CT molecular complexity index is 979. The zero-order chi connectivity index (χ0) is 18.9. The zero-order valence-electron chi connectivity index (χ0n) is 13.9. The molecule has 0 aromatic heterocycles. The van der Waals surface area contributed by atoms with Crippen molar-refractivity contribution in [3.05, 3.63) is 18.2 Å². The average Bonchev–Trinajstić information content (AvgIpc) is 2.91. The van der Waals surface area contributed by atoms with Gasteiger partial charge in [0.2, 0.25) is 15.9 Å². The van der Waals surface area contributed by atoms with E-state index in [1.165, 1.54) is 29.6 Å². The third kappa shape index (κ3) is 3.52. The molecule has 2 aliphatic heterocycles. The Balaban J connectivity index is 1.95. The molecule has 2 heterocycles. The first-order valence-electron chi connectivity index (χ1n) is 7.83. The predicted octanol–water partition coefficient (Wildman–Crippen LogP) is 0.680. The summed E-state index contributed by atoms with van der Waals surface area (Å²) in [6, 6.07) is 4.13. The highest BCUT2D eigenvalue weighted by molar-refractivity contribution is 7.89. The number of hydrogen-bond acceptors (Lipinski definition) is 7. The van der Waals surface area contributed by atoms with Crippen LogP contribution in [0, 0.1) is 0 Å². The summed E-state index contributed by atoms with van der Waals surface area (Å²) in [4.78, 5) is -0.262. The molecule has 0 aliphatic carbocycles. The second-order valence-corrected chi connectivity index (χ2v) is 8.90. The van der Waals surface area contributed by atoms with Crippen LogP contribution in [-0.4, -0.2) is 58.2 Å². The number of piperidine rings is 1. The van der Waals surface area contributed by atoms with E-state index in [-0.39, 0.29) is 22.3 Å². The minimum absolute atomic E-state index is 0.0244. The highest BCUT2D eigenvalue weighted by Crippen LogP contribution is 2.34. The van der Waals surface area contributed by atoms with Crippen molar-refractivity contribution in [3.8, 4) is 5.75 Å². The number of rotatable bonds is 3. The van der Waals surface area contributed by atoms with Crippen molar-refractivity contribution in [1.29, 1.82) is 0 Å². The second kappa shape index (κ2) is 6.85. The van der Waals surface area contributed by atoms with Gasteiger partial charge in [-0.05, 0) is 25.0 Å². The van der Waals surface area contributed by atoms with E-state index in [2.05, 4.69) is 14.1 Å². The number of anilines is 1. The smallest absolute Gasteiger partial charge is 0.368 e. The molecule has 1 aromatic carbocycles. The van der Waals surface area contributed by atoms with Crippen LogP contribution in [0.2, 0.25) is 0 Å². The van der Waals surface area contributed by atoms with Crippen molar-refractivity contribution < 1.29 is 26.7 Å². The Morgan fingerprint density at radius 3 is 2.54 bits per heavy atom. The topological polar surface area (TPSA) is 138 Å². The van der Waals surface area contributed by atoms with Crippen molar-refractivity contribution in [2.45, 2.75) is 24.2 Å². The van der Waals surface area contributed by atoms with Crippen LogP contribution >= 0.6 is 0 Å². The van der Waals surface area contributed by atoms with Crippen LogP contribution in [0.1, 0.15) is 19.3 Å². The van der Waals surface area contributed by atoms with Crippen LogP contribution in [0.25, 0.3) is 0 Å². The lowest BCUT2D eigenvalue weighted by atomic mass is 10.2. The second-order valence-electron chi connectivity index (χ2n) is 5.73. The first kappa shape index (κ1) is 18.6. The Labute approximate surface area is 151 Å². The maximum atomic E-state index is 12.8. The molecule has 10 nitrogen and oxygen atoms in total. The molecule has 3 rings (SSSR count). The van der Waals surface area contributed by atoms with Crippen LogP contribution in [0.3, 0.4) is 0 Å². The van der Waals surface area contributed by atoms with Crippen molar-refractivity contribution in [1.82, 2.24) is 4.31 Å². The monoisotopic (exact) mass is 402 g/mol. The molecule has 26 heavy (non-hydrogen) atoms. The fourth-order valence-electron chi connectivity index (χ4n) is 2.74. The van der Waals surface area contributed by atoms with Gasteiger partial charge in [0.05, 0.1) is 12.8 Å². The maximum absolute atomic E-state index is 12.8. The van der Waals surface area contributed by atoms with Gasteiger partial charge in [-0.3, -0.25) is 0 Å². The SMILES string of the molecule is COC1=NS(=O)(=O)N=C1Nc1cccc(S(=O)(=O)N2CCCCC2)c1O. The highest BCUT2D eigenvalue weighted by Gasteiger charge is 2.31. The van der Waals surface area contributed by atoms with Gasteiger partial charge in [0, 0.05) is 13.1 Å². The van der Waals surface area contributed by atoms with E-state index >= 15 is 0 Å². The predicted molar refractivity (Wildman–Crippen MR) is 95.1 cm³/mol. The van der Waals surface area contributed by atoms with Crippen molar-refractivity contribution in [2.24, 2.45) is 8.80 Å². The van der Waals surface area contributed by atoms with Crippen LogP contribution < -0.4 is 5.32 Å². The number of phenols is 1. The first-order valence-corrected chi connectivity index (χ1v) is 10.7. The molecule has 0 saturated carbocycles. The number of amidine groups is 1. The summed E-state index contributed by atoms with van der Waals surface area (Å²) in [5.74, 6) is -1.05. The van der Waals surface area contributed by atoms with Gasteiger partial charge < -0.3 is 15.2 Å². The fourth-order valence-corrected chi connectivity index (χ4v) is 5.12. The van der Waals surface area contributed by atoms with Gasteiger partial charge in [-0.25, -0.2) is 8.42 Å². The number of para-hydroxylation sites is 1. The Morgan fingerprint density at radius 1 is 1.19 bits per heavy atom. The minimum atomic E-state index is -4.07. The number of nitrogens with zero attached hydrogens (tertiary/aromatic N) is 3. The van der Waals surface area contributed by atoms with Gasteiger partial charge in [0.25, 0.3) is 5.90 Å². The summed E-state index contributed by atoms with van der Waals surface area (Å²) in [5.41, 5.74) is -0.0244. The minimum Gasteiger partial charge on any atom is -0.504 e. The molecule has 2 N–H and O–H groups in total. The van der Waals surface area contributed by atoms with Gasteiger partial charge in [0.1, 0.15) is 4.90 Å². The van der Waals surface area contributed by atoms with Crippen molar-refractivity contribution >= 4 is 37.7 Å². The van der Waals surface area contributed by atoms with E-state index in [0.717, 1.165) is 19.3 Å². The summed E-state index contributed by atoms with van der Waals surface area (Å²) in [6.07, 6.45) is 2.49. The number of aromatic hydroxyl groups is 1. The molecule has 0 atom stereocenters. The average molecular weight is 402 g/mol. The van der Waals surface area contributed by atoms with E-state index in [0.29, 0.717) is 13.1 Å². The van der Waals surface area contributed by atoms with Crippen molar-refractivity contribution in [3.63, 3.8) is 0 Å². The van der Waals surface area contributed by atoms with Gasteiger partial charge in [-0.1, -0.05) is 12.5 Å². The molecule has 2 aliphatic rings. The first-order chi connectivity index (χ1) is 12.2. The number of phenolic OH excluding ortho intramolecular Hbond substituents is 1. The third-order valence-electron chi connectivity index (χ3n) is 3.99. The molecule has 1 saturated heterocycles. The van der Waals surface area contributed by atoms with Crippen molar-refractivity contribution in [2.75, 3.05) is 25.5 Å². The molecule has 0 unspecified atom stereocenters. The molecule has 0 radical (unpaired) electrons. The zero-order valence-corrected chi connectivity index (χ0v) is 15.5. The summed E-state index contributed by atoms with van der Waals surface area (Å²) < 4.78 is 61.3. The molecule has 0 bridgehead atoms. The molecule has 0 amide bonds. The Kier molecular flexibility index (Phi) is 4.90. The standard InChI is InChI=1S/C14H18N4O6S2/c1-24-14-13(16-26(22,23)17-14)15-10-6-5-7-11(12(10)19)25(20,21)18-8-3-2-4-9-18/h5-7,19H,2-4,8-9H2,1H3,(H,15,16). The largest absolute Gasteiger partial charge is 0.504 e. The molecular weight excluding hydrogens is 384 g/mol. The van der Waals surface area contributed by atoms with Gasteiger partial charge in [0.15, 0.2) is 5.75 Å². The normalized spacial score (nSPS) is 20.3. The quantitative estimate of drug-likeness (QED) is 0.709. The number of methoxy groups -OCH3 is 1. The fraction of sp³-hybridized carbons (Fsp3) is 0.429. The lowest BCUT2D eigenvalue weighted by Gasteiger charge is -2.26. The Hall–Kier alpha value is -2.18. The Morgan fingerprint density at radius 2 is 1.88 bits per heavy atom. The van der Waals surface area contributed by atoms with Crippen LogP contribution in [0.4, 0.5) is 5.69 Å². The van der Waals surface area contributed by atoms with Gasteiger partial charge in [-0.2, -0.15) is 12.7 Å². The molecule has 1 fully saturated rings. The third-order valence-corrected chi connectivity index (χ3v) is 6.73. The van der Waals surface area contributed by atoms with E-state index < -0.39 is 26.0 Å². The summed E-state index contributed by atoms with van der Waals surface area (Å²) in [7, 11) is -6.72. The van der Waals surface area contributed by atoms with Crippen LogP contribution in [0.15, 0.2) is 31.9 Å². The maximum Gasteiger partial charge on any atom is 0.368 e. The van der Waals surface area contributed by atoms with Crippen LogP contribution in [-0.2, 0) is 25.0 Å². The highest BCUT2D eigenvalue weighted by atomic mass is 32.2. The lowest BCUT2D eigenvalue weighted by molar-refractivity contribution is 0.344.